The molecule has 0 bridgehead atoms. The zero-order valence-electron chi connectivity index (χ0n) is 12.8. The second kappa shape index (κ2) is 6.85. The summed E-state index contributed by atoms with van der Waals surface area (Å²) in [6.45, 7) is 5.53. The largest absolute Gasteiger partial charge is 0.372 e. The molecule has 122 valence electrons. The minimum Gasteiger partial charge on any atom is -0.372 e. The molecule has 7 heteroatoms. The van der Waals surface area contributed by atoms with E-state index in [0.29, 0.717) is 15.0 Å². The van der Waals surface area contributed by atoms with E-state index in [1.807, 2.05) is 19.9 Å². The third-order valence-electron chi connectivity index (χ3n) is 3.54. The van der Waals surface area contributed by atoms with E-state index in [1.54, 1.807) is 18.2 Å². The second-order valence-electron chi connectivity index (χ2n) is 5.65. The van der Waals surface area contributed by atoms with Crippen LogP contribution in [0.1, 0.15) is 19.4 Å². The van der Waals surface area contributed by atoms with E-state index in [2.05, 4.69) is 9.89 Å². The van der Waals surface area contributed by atoms with Crippen LogP contribution in [0.2, 0.25) is 10.0 Å². The van der Waals surface area contributed by atoms with Crippen molar-refractivity contribution in [1.82, 2.24) is 4.90 Å². The fourth-order valence-electron chi connectivity index (χ4n) is 2.62. The maximum atomic E-state index is 12.2. The van der Waals surface area contributed by atoms with Crippen LogP contribution in [0.15, 0.2) is 28.1 Å². The van der Waals surface area contributed by atoms with Gasteiger partial charge in [0.05, 0.1) is 27.2 Å². The first-order chi connectivity index (χ1) is 10.9. The Kier molecular flexibility index (Phi) is 5.01. The van der Waals surface area contributed by atoms with Gasteiger partial charge in [-0.15, -0.1) is 0 Å². The summed E-state index contributed by atoms with van der Waals surface area (Å²) in [4.78, 5) is 19.0. The minimum atomic E-state index is -0.220. The van der Waals surface area contributed by atoms with Crippen LogP contribution in [0, 0.1) is 0 Å². The lowest BCUT2D eigenvalue weighted by Crippen LogP contribution is -2.47. The van der Waals surface area contributed by atoms with Gasteiger partial charge in [0.15, 0.2) is 5.17 Å². The van der Waals surface area contributed by atoms with Crippen LogP contribution in [0.3, 0.4) is 0 Å². The fourth-order valence-corrected chi connectivity index (χ4v) is 3.86. The van der Waals surface area contributed by atoms with E-state index in [4.69, 9.17) is 27.9 Å². The van der Waals surface area contributed by atoms with Crippen molar-refractivity contribution in [2.75, 3.05) is 13.1 Å². The second-order valence-corrected chi connectivity index (χ2v) is 7.47. The molecule has 0 radical (unpaired) electrons. The van der Waals surface area contributed by atoms with Gasteiger partial charge in [0, 0.05) is 13.1 Å². The number of nitrogens with zero attached hydrogens (tertiary/aromatic N) is 2. The van der Waals surface area contributed by atoms with Crippen molar-refractivity contribution in [2.45, 2.75) is 26.1 Å². The van der Waals surface area contributed by atoms with Crippen molar-refractivity contribution in [3.8, 4) is 0 Å². The van der Waals surface area contributed by atoms with Crippen molar-refractivity contribution < 1.29 is 9.53 Å². The minimum absolute atomic E-state index is 0.125. The van der Waals surface area contributed by atoms with Gasteiger partial charge in [-0.1, -0.05) is 29.3 Å². The lowest BCUT2D eigenvalue weighted by Gasteiger charge is -2.35. The predicted molar refractivity (Wildman–Crippen MR) is 96.1 cm³/mol. The van der Waals surface area contributed by atoms with Crippen LogP contribution in [-0.4, -0.2) is 41.3 Å². The number of thioether (sulfide) groups is 1. The van der Waals surface area contributed by atoms with Gasteiger partial charge in [0.25, 0.3) is 5.91 Å². The Morgan fingerprint density at radius 2 is 1.96 bits per heavy atom. The lowest BCUT2D eigenvalue weighted by atomic mass is 10.2. The molecule has 1 aromatic carbocycles. The molecule has 23 heavy (non-hydrogen) atoms. The molecule has 0 N–H and O–H groups in total. The highest BCUT2D eigenvalue weighted by atomic mass is 35.5. The van der Waals surface area contributed by atoms with E-state index in [0.717, 1.165) is 23.8 Å². The molecule has 1 amide bonds. The Morgan fingerprint density at radius 3 is 2.61 bits per heavy atom. The smallest absolute Gasteiger partial charge is 0.286 e. The molecule has 1 fully saturated rings. The first kappa shape index (κ1) is 16.8. The van der Waals surface area contributed by atoms with Crippen LogP contribution < -0.4 is 0 Å². The summed E-state index contributed by atoms with van der Waals surface area (Å²) < 4.78 is 5.72. The number of amides is 1. The van der Waals surface area contributed by atoms with E-state index < -0.39 is 0 Å². The van der Waals surface area contributed by atoms with Crippen molar-refractivity contribution in [1.29, 1.82) is 0 Å². The molecule has 4 nitrogen and oxygen atoms in total. The number of hydrogen-bond donors (Lipinski definition) is 0. The topological polar surface area (TPSA) is 41.9 Å². The predicted octanol–water partition coefficient (Wildman–Crippen LogP) is 4.07. The molecule has 2 atom stereocenters. The van der Waals surface area contributed by atoms with Gasteiger partial charge in [-0.3, -0.25) is 4.79 Å². The van der Waals surface area contributed by atoms with E-state index >= 15 is 0 Å². The zero-order valence-corrected chi connectivity index (χ0v) is 15.1. The number of aliphatic imine (C=N–C) groups is 1. The lowest BCUT2D eigenvalue weighted by molar-refractivity contribution is -0.113. The molecule has 0 spiro atoms. The molecular weight excluding hydrogens is 355 g/mol. The third kappa shape index (κ3) is 3.91. The molecule has 2 heterocycles. The molecule has 1 saturated heterocycles. The normalized spacial score (nSPS) is 26.8. The number of ether oxygens (including phenoxy) is 1. The first-order valence-electron chi connectivity index (χ1n) is 7.30. The van der Waals surface area contributed by atoms with Crippen LogP contribution in [0.4, 0.5) is 0 Å². The number of morpholine rings is 1. The Hall–Kier alpha value is -1.01. The number of carbonyl (C=O) groups is 1. The van der Waals surface area contributed by atoms with Gasteiger partial charge in [0.2, 0.25) is 0 Å². The van der Waals surface area contributed by atoms with Gasteiger partial charge in [0.1, 0.15) is 0 Å². The van der Waals surface area contributed by atoms with E-state index in [1.165, 1.54) is 11.8 Å². The van der Waals surface area contributed by atoms with Crippen molar-refractivity contribution in [3.63, 3.8) is 0 Å². The van der Waals surface area contributed by atoms with Gasteiger partial charge in [-0.05, 0) is 49.4 Å². The number of benzene rings is 1. The van der Waals surface area contributed by atoms with E-state index in [-0.39, 0.29) is 18.1 Å². The monoisotopic (exact) mass is 370 g/mol. The Morgan fingerprint density at radius 1 is 1.26 bits per heavy atom. The molecule has 2 aliphatic heterocycles. The van der Waals surface area contributed by atoms with E-state index in [9.17, 15) is 4.79 Å². The average Bonchev–Trinajstić information content (AvgIpc) is 2.83. The van der Waals surface area contributed by atoms with Crippen molar-refractivity contribution >= 4 is 52.1 Å². The Balaban J connectivity index is 1.76. The van der Waals surface area contributed by atoms with Crippen LogP contribution in [-0.2, 0) is 9.53 Å². The summed E-state index contributed by atoms with van der Waals surface area (Å²) in [5, 5.41) is 1.70. The molecule has 0 saturated carbocycles. The number of rotatable bonds is 1. The van der Waals surface area contributed by atoms with Gasteiger partial charge < -0.3 is 9.64 Å². The summed E-state index contributed by atoms with van der Waals surface area (Å²) in [7, 11) is 0. The summed E-state index contributed by atoms with van der Waals surface area (Å²) in [5.41, 5.74) is 0.829. The summed E-state index contributed by atoms with van der Waals surface area (Å²) >= 11 is 13.3. The summed E-state index contributed by atoms with van der Waals surface area (Å²) in [6.07, 6.45) is 2.04. The highest BCUT2D eigenvalue weighted by molar-refractivity contribution is 8.18. The van der Waals surface area contributed by atoms with Gasteiger partial charge in [-0.25, -0.2) is 0 Å². The Bertz CT molecular complexity index is 695. The molecular formula is C16H16Cl2N2O2S. The summed E-state index contributed by atoms with van der Waals surface area (Å²) in [6, 6.07) is 5.28. The van der Waals surface area contributed by atoms with Crippen LogP contribution in [0.25, 0.3) is 6.08 Å². The third-order valence-corrected chi connectivity index (χ3v) is 5.32. The van der Waals surface area contributed by atoms with Crippen LogP contribution >= 0.6 is 35.0 Å². The standard InChI is InChI=1S/C16H16Cl2N2O2S/c1-9-7-20(8-10(2)22-9)16-19-15(21)14(23-16)6-11-3-4-12(17)13(18)5-11/h3-6,9-10H,7-8H2,1-2H3/b14-6-/t9-,10+. The number of carbonyl (C=O) groups excluding carboxylic acids is 1. The Labute approximate surface area is 149 Å². The molecule has 0 unspecified atom stereocenters. The maximum Gasteiger partial charge on any atom is 0.286 e. The van der Waals surface area contributed by atoms with Crippen molar-refractivity contribution in [3.05, 3.63) is 38.7 Å². The highest BCUT2D eigenvalue weighted by Gasteiger charge is 2.30. The average molecular weight is 371 g/mol. The molecule has 0 aromatic heterocycles. The quantitative estimate of drug-likeness (QED) is 0.698. The maximum absolute atomic E-state index is 12.2. The molecule has 2 aliphatic rings. The number of hydrogen-bond acceptors (Lipinski definition) is 4. The van der Waals surface area contributed by atoms with Gasteiger partial charge >= 0.3 is 0 Å². The molecule has 0 aliphatic carbocycles. The SMILES string of the molecule is C[C@@H]1CN(C2=NC(=O)/C(=C/c3ccc(Cl)c(Cl)c3)S2)C[C@H](C)O1. The molecule has 3 rings (SSSR count). The van der Waals surface area contributed by atoms with Gasteiger partial charge in [-0.2, -0.15) is 4.99 Å². The first-order valence-corrected chi connectivity index (χ1v) is 8.87. The number of halogens is 2. The molecule has 1 aromatic rings. The fraction of sp³-hybridized carbons (Fsp3) is 0.375. The zero-order chi connectivity index (χ0) is 16.6. The number of amidine groups is 1. The highest BCUT2D eigenvalue weighted by Crippen LogP contribution is 2.32. The van der Waals surface area contributed by atoms with Crippen molar-refractivity contribution in [2.24, 2.45) is 4.99 Å². The summed E-state index contributed by atoms with van der Waals surface area (Å²) in [5.74, 6) is -0.220. The van der Waals surface area contributed by atoms with Crippen LogP contribution in [0.5, 0.6) is 0 Å².